The Morgan fingerprint density at radius 3 is 2.50 bits per heavy atom. The summed E-state index contributed by atoms with van der Waals surface area (Å²) < 4.78 is 41.5. The van der Waals surface area contributed by atoms with Crippen LogP contribution < -0.4 is 14.8 Å². The van der Waals surface area contributed by atoms with Crippen LogP contribution in [0.25, 0.3) is 11.4 Å². The predicted molar refractivity (Wildman–Crippen MR) is 127 cm³/mol. The third-order valence-corrected chi connectivity index (χ3v) is 5.84. The molecule has 36 heavy (non-hydrogen) atoms. The molecule has 2 aromatic heterocycles. The number of nitrogens with one attached hydrogen (secondary N) is 1. The molecule has 9 nitrogen and oxygen atoms in total. The van der Waals surface area contributed by atoms with Crippen molar-refractivity contribution in [3.63, 3.8) is 0 Å². The van der Waals surface area contributed by atoms with Crippen molar-refractivity contribution < 1.29 is 23.0 Å². The highest BCUT2D eigenvalue weighted by atomic mass is 19.1. The van der Waals surface area contributed by atoms with Gasteiger partial charge in [-0.25, -0.2) is 18.7 Å². The number of rotatable bonds is 7. The number of methoxy groups -OCH3 is 2. The summed E-state index contributed by atoms with van der Waals surface area (Å²) in [6.07, 6.45) is 3.24. The quantitative estimate of drug-likeness (QED) is 0.416. The van der Waals surface area contributed by atoms with Gasteiger partial charge in [-0.1, -0.05) is 6.07 Å². The summed E-state index contributed by atoms with van der Waals surface area (Å²) in [7, 11) is 4.83. The maximum atomic E-state index is 14.6. The molecule has 0 saturated heterocycles. The van der Waals surface area contributed by atoms with Crippen molar-refractivity contribution in [2.75, 3.05) is 19.5 Å². The highest BCUT2D eigenvalue weighted by Crippen LogP contribution is 2.35. The lowest BCUT2D eigenvalue weighted by Gasteiger charge is -2.18. The van der Waals surface area contributed by atoms with Crippen molar-refractivity contribution in [1.82, 2.24) is 24.6 Å². The number of hydrogen-bond donors (Lipinski definition) is 1. The Morgan fingerprint density at radius 2 is 1.83 bits per heavy atom. The molecule has 0 aliphatic carbocycles. The molecule has 0 saturated carbocycles. The Morgan fingerprint density at radius 1 is 1.06 bits per heavy atom. The van der Waals surface area contributed by atoms with Crippen LogP contribution in [0.4, 0.5) is 20.3 Å². The number of aryl methyl sites for hydroxylation is 1. The van der Waals surface area contributed by atoms with E-state index in [-0.39, 0.29) is 41.8 Å². The molecule has 4 aromatic rings. The normalized spacial score (nSPS) is 12.6. The molecule has 0 atom stereocenters. The summed E-state index contributed by atoms with van der Waals surface area (Å²) in [6, 6.07) is 8.86. The van der Waals surface area contributed by atoms with Crippen LogP contribution in [-0.2, 0) is 20.1 Å². The van der Waals surface area contributed by atoms with Crippen molar-refractivity contribution in [3.05, 3.63) is 77.2 Å². The summed E-state index contributed by atoms with van der Waals surface area (Å²) in [5.41, 5.74) is 1.53. The molecule has 0 unspecified atom stereocenters. The number of halogens is 2. The number of carbonyl (C=O) groups excluding carboxylic acids is 1. The van der Waals surface area contributed by atoms with Crippen LogP contribution in [0.15, 0.2) is 48.8 Å². The van der Waals surface area contributed by atoms with Crippen LogP contribution in [0.2, 0.25) is 0 Å². The van der Waals surface area contributed by atoms with E-state index in [1.807, 2.05) is 6.07 Å². The first-order valence-electron chi connectivity index (χ1n) is 11.0. The monoisotopic (exact) mass is 492 g/mol. The molecule has 1 aliphatic rings. The second kappa shape index (κ2) is 9.25. The van der Waals surface area contributed by atoms with Crippen LogP contribution in [0, 0.1) is 11.6 Å². The van der Waals surface area contributed by atoms with Gasteiger partial charge in [0.15, 0.2) is 5.82 Å². The number of hydrogen-bond acceptors (Lipinski definition) is 7. The summed E-state index contributed by atoms with van der Waals surface area (Å²) >= 11 is 0. The van der Waals surface area contributed by atoms with Crippen molar-refractivity contribution in [2.24, 2.45) is 7.05 Å². The van der Waals surface area contributed by atoms with Gasteiger partial charge in [-0.3, -0.25) is 9.48 Å². The Balaban J connectivity index is 1.56. The fourth-order valence-corrected chi connectivity index (χ4v) is 4.11. The molecule has 2 aromatic carbocycles. The number of anilines is 2. The average Bonchev–Trinajstić information content (AvgIpc) is 3.41. The second-order valence-corrected chi connectivity index (χ2v) is 8.18. The predicted octanol–water partition coefficient (Wildman–Crippen LogP) is 4.07. The summed E-state index contributed by atoms with van der Waals surface area (Å²) in [5.74, 6) is -0.760. The van der Waals surface area contributed by atoms with Gasteiger partial charge in [-0.05, 0) is 24.3 Å². The zero-order valence-corrected chi connectivity index (χ0v) is 19.7. The maximum Gasteiger partial charge on any atom is 0.260 e. The maximum absolute atomic E-state index is 14.6. The molecule has 0 spiro atoms. The van der Waals surface area contributed by atoms with E-state index in [1.54, 1.807) is 48.3 Å². The van der Waals surface area contributed by atoms with E-state index >= 15 is 0 Å². The van der Waals surface area contributed by atoms with E-state index < -0.39 is 11.6 Å². The molecule has 1 amide bonds. The topological polar surface area (TPSA) is 94.4 Å². The average molecular weight is 492 g/mol. The summed E-state index contributed by atoms with van der Waals surface area (Å²) in [5, 5.41) is 7.17. The zero-order valence-electron chi connectivity index (χ0n) is 19.7. The first-order valence-corrected chi connectivity index (χ1v) is 11.0. The number of amides is 1. The van der Waals surface area contributed by atoms with E-state index in [4.69, 9.17) is 9.47 Å². The van der Waals surface area contributed by atoms with Crippen molar-refractivity contribution in [3.8, 4) is 22.9 Å². The van der Waals surface area contributed by atoms with Crippen molar-refractivity contribution in [2.45, 2.75) is 13.1 Å². The molecule has 3 heterocycles. The van der Waals surface area contributed by atoms with E-state index in [0.29, 0.717) is 22.9 Å². The molecule has 5 rings (SSSR count). The van der Waals surface area contributed by atoms with Crippen LogP contribution in [-0.4, -0.2) is 44.8 Å². The number of carbonyl (C=O) groups is 1. The summed E-state index contributed by atoms with van der Waals surface area (Å²) in [4.78, 5) is 23.8. The first kappa shape index (κ1) is 23.2. The van der Waals surface area contributed by atoms with Crippen LogP contribution in [0.5, 0.6) is 11.5 Å². The van der Waals surface area contributed by atoms with E-state index in [0.717, 1.165) is 17.7 Å². The lowest BCUT2D eigenvalue weighted by molar-refractivity contribution is 0.0766. The van der Waals surface area contributed by atoms with Gasteiger partial charge in [0.05, 0.1) is 50.5 Å². The molecule has 11 heteroatoms. The number of fused-ring (bicyclic) bond motifs is 1. The zero-order chi connectivity index (χ0) is 25.4. The third kappa shape index (κ3) is 4.19. The van der Waals surface area contributed by atoms with Crippen molar-refractivity contribution >= 4 is 17.4 Å². The molecule has 184 valence electrons. The number of ether oxygens (including phenoxy) is 2. The molecule has 0 bridgehead atoms. The first-order chi connectivity index (χ1) is 17.4. The Bertz CT molecular complexity index is 1450. The minimum Gasteiger partial charge on any atom is -0.497 e. The molecular weight excluding hydrogens is 470 g/mol. The third-order valence-electron chi connectivity index (χ3n) is 5.84. The van der Waals surface area contributed by atoms with Gasteiger partial charge in [0, 0.05) is 24.9 Å². The Hall–Kier alpha value is -4.54. The second-order valence-electron chi connectivity index (χ2n) is 8.18. The molecule has 1 aliphatic heterocycles. The Labute approximate surface area is 205 Å². The van der Waals surface area contributed by atoms with Gasteiger partial charge in [0.25, 0.3) is 5.91 Å². The lowest BCUT2D eigenvalue weighted by atomic mass is 10.1. The van der Waals surface area contributed by atoms with Crippen LogP contribution in [0.1, 0.15) is 21.6 Å². The fraction of sp³-hybridized carbons (Fsp3) is 0.200. The molecular formula is C25H22F2N6O3. The van der Waals surface area contributed by atoms with Gasteiger partial charge in [-0.2, -0.15) is 5.10 Å². The molecule has 0 fully saturated rings. The van der Waals surface area contributed by atoms with Crippen LogP contribution in [0.3, 0.4) is 0 Å². The van der Waals surface area contributed by atoms with E-state index in [1.165, 1.54) is 13.2 Å². The van der Waals surface area contributed by atoms with Crippen LogP contribution >= 0.6 is 0 Å². The number of benzene rings is 2. The number of nitrogens with zero attached hydrogens (tertiary/aromatic N) is 5. The molecule has 0 radical (unpaired) electrons. The van der Waals surface area contributed by atoms with Crippen molar-refractivity contribution in [1.29, 1.82) is 0 Å². The van der Waals surface area contributed by atoms with Gasteiger partial charge >= 0.3 is 0 Å². The smallest absolute Gasteiger partial charge is 0.260 e. The molecule has 1 N–H and O–H groups in total. The van der Waals surface area contributed by atoms with Gasteiger partial charge in [-0.15, -0.1) is 0 Å². The van der Waals surface area contributed by atoms with Gasteiger partial charge in [0.1, 0.15) is 34.5 Å². The minimum atomic E-state index is -0.800. The Kier molecular flexibility index (Phi) is 5.96. The number of aromatic nitrogens is 4. The highest BCUT2D eigenvalue weighted by molar-refractivity contribution is 6.03. The standard InChI is InChI=1S/C25H22F2N6O3/c1-32-12-15(10-28-32)29-24-22-19(30-23(31-24)21-17(26)5-4-6-18(21)27)13-33(25(22)34)11-14-7-8-16(35-2)9-20(14)36-3/h4-10,12H,11,13H2,1-3H3,(H,29,30,31). The minimum absolute atomic E-state index is 0.122. The summed E-state index contributed by atoms with van der Waals surface area (Å²) in [6.45, 7) is 0.342. The van der Waals surface area contributed by atoms with E-state index in [9.17, 15) is 13.6 Å². The lowest BCUT2D eigenvalue weighted by Crippen LogP contribution is -2.24. The highest BCUT2D eigenvalue weighted by Gasteiger charge is 2.34. The largest absolute Gasteiger partial charge is 0.497 e. The fourth-order valence-electron chi connectivity index (χ4n) is 4.11. The van der Waals surface area contributed by atoms with Gasteiger partial charge in [0.2, 0.25) is 0 Å². The van der Waals surface area contributed by atoms with Gasteiger partial charge < -0.3 is 19.7 Å². The SMILES string of the molecule is COc1ccc(CN2Cc3nc(-c4c(F)cccc4F)nc(Nc4cnn(C)c4)c3C2=O)c(OC)c1. The van der Waals surface area contributed by atoms with E-state index in [2.05, 4.69) is 20.4 Å².